The highest BCUT2D eigenvalue weighted by Gasteiger charge is 2.24. The molecule has 2 unspecified atom stereocenters. The van der Waals surface area contributed by atoms with Gasteiger partial charge in [0.15, 0.2) is 0 Å². The predicted octanol–water partition coefficient (Wildman–Crippen LogP) is 2.49. The highest BCUT2D eigenvalue weighted by molar-refractivity contribution is 5.42. The van der Waals surface area contributed by atoms with E-state index >= 15 is 0 Å². The summed E-state index contributed by atoms with van der Waals surface area (Å²) in [4.78, 5) is 0. The van der Waals surface area contributed by atoms with Crippen LogP contribution in [0.3, 0.4) is 0 Å². The number of aliphatic hydroxyl groups is 1. The van der Waals surface area contributed by atoms with Crippen molar-refractivity contribution >= 4 is 0 Å². The van der Waals surface area contributed by atoms with Crippen LogP contribution in [0.4, 0.5) is 0 Å². The van der Waals surface area contributed by atoms with Crippen LogP contribution in [0.15, 0.2) is 12.1 Å². The lowest BCUT2D eigenvalue weighted by Crippen LogP contribution is -2.39. The Hall–Kier alpha value is -1.06. The number of aliphatic hydroxyl groups excluding tert-OH is 1. The molecule has 0 amide bonds. The van der Waals surface area contributed by atoms with Crippen LogP contribution in [0.25, 0.3) is 0 Å². The van der Waals surface area contributed by atoms with Crippen molar-refractivity contribution < 1.29 is 9.84 Å². The van der Waals surface area contributed by atoms with Crippen molar-refractivity contribution in [1.82, 2.24) is 5.32 Å². The summed E-state index contributed by atoms with van der Waals surface area (Å²) in [5.41, 5.74) is 3.19. The number of methoxy groups -OCH3 is 1. The first-order valence-corrected chi connectivity index (χ1v) is 6.70. The van der Waals surface area contributed by atoms with Crippen LogP contribution in [0.5, 0.6) is 5.75 Å². The van der Waals surface area contributed by atoms with Crippen LogP contribution in [0.1, 0.15) is 42.1 Å². The predicted molar refractivity (Wildman–Crippen MR) is 73.1 cm³/mol. The number of hydrogen-bond donors (Lipinski definition) is 2. The van der Waals surface area contributed by atoms with Crippen LogP contribution >= 0.6 is 0 Å². The lowest BCUT2D eigenvalue weighted by atomic mass is 9.91. The molecule has 1 aliphatic heterocycles. The van der Waals surface area contributed by atoms with Gasteiger partial charge in [-0.1, -0.05) is 6.42 Å². The third kappa shape index (κ3) is 2.68. The Morgan fingerprint density at radius 2 is 2.06 bits per heavy atom. The first-order chi connectivity index (χ1) is 8.63. The molecule has 2 N–H and O–H groups in total. The van der Waals surface area contributed by atoms with Crippen molar-refractivity contribution in [2.24, 2.45) is 0 Å². The fourth-order valence-electron chi connectivity index (χ4n) is 2.72. The second kappa shape index (κ2) is 5.72. The largest absolute Gasteiger partial charge is 0.496 e. The van der Waals surface area contributed by atoms with Crippen molar-refractivity contribution in [3.05, 3.63) is 28.8 Å². The van der Waals surface area contributed by atoms with Crippen LogP contribution in [0, 0.1) is 13.8 Å². The molecule has 2 rings (SSSR count). The minimum atomic E-state index is -0.421. The number of nitrogens with one attached hydrogen (secondary N) is 1. The van der Waals surface area contributed by atoms with Crippen molar-refractivity contribution in [1.29, 1.82) is 0 Å². The summed E-state index contributed by atoms with van der Waals surface area (Å²) in [6, 6.07) is 4.25. The van der Waals surface area contributed by atoms with E-state index < -0.39 is 6.10 Å². The SMILES string of the molecule is COc1cc(C)c(C(O)C2CCCCN2)cc1C. The van der Waals surface area contributed by atoms with Gasteiger partial charge in [-0.2, -0.15) is 0 Å². The van der Waals surface area contributed by atoms with E-state index in [0.717, 1.165) is 35.4 Å². The molecule has 1 heterocycles. The zero-order valence-corrected chi connectivity index (χ0v) is 11.5. The summed E-state index contributed by atoms with van der Waals surface area (Å²) in [6.07, 6.45) is 3.04. The monoisotopic (exact) mass is 249 g/mol. The lowest BCUT2D eigenvalue weighted by Gasteiger charge is -2.29. The Labute approximate surface area is 109 Å². The average molecular weight is 249 g/mol. The van der Waals surface area contributed by atoms with Crippen LogP contribution in [-0.4, -0.2) is 24.8 Å². The van der Waals surface area contributed by atoms with Crippen molar-refractivity contribution in [3.8, 4) is 5.75 Å². The molecule has 3 heteroatoms. The minimum absolute atomic E-state index is 0.185. The lowest BCUT2D eigenvalue weighted by molar-refractivity contribution is 0.113. The number of hydrogen-bond acceptors (Lipinski definition) is 3. The molecule has 1 saturated heterocycles. The van der Waals surface area contributed by atoms with E-state index in [1.165, 1.54) is 12.8 Å². The molecule has 100 valence electrons. The molecule has 0 bridgehead atoms. The number of rotatable bonds is 3. The standard InChI is InChI=1S/C15H23NO2/c1-10-9-14(18-3)11(2)8-12(10)15(17)13-6-4-5-7-16-13/h8-9,13,15-17H,4-7H2,1-3H3. The topological polar surface area (TPSA) is 41.5 Å². The first kappa shape index (κ1) is 13.4. The Kier molecular flexibility index (Phi) is 4.25. The number of piperidine rings is 1. The molecule has 2 atom stereocenters. The minimum Gasteiger partial charge on any atom is -0.496 e. The van der Waals surface area contributed by atoms with Gasteiger partial charge >= 0.3 is 0 Å². The maximum Gasteiger partial charge on any atom is 0.122 e. The number of aryl methyl sites for hydroxylation is 2. The van der Waals surface area contributed by atoms with E-state index in [-0.39, 0.29) is 6.04 Å². The summed E-state index contributed by atoms with van der Waals surface area (Å²) in [5.74, 6) is 0.889. The molecular weight excluding hydrogens is 226 g/mol. The molecule has 0 aliphatic carbocycles. The fourth-order valence-corrected chi connectivity index (χ4v) is 2.72. The zero-order chi connectivity index (χ0) is 13.1. The van der Waals surface area contributed by atoms with E-state index in [9.17, 15) is 5.11 Å². The third-order valence-electron chi connectivity index (χ3n) is 3.83. The molecule has 0 saturated carbocycles. The quantitative estimate of drug-likeness (QED) is 0.864. The summed E-state index contributed by atoms with van der Waals surface area (Å²) < 4.78 is 5.31. The second-order valence-corrected chi connectivity index (χ2v) is 5.18. The summed E-state index contributed by atoms with van der Waals surface area (Å²) in [7, 11) is 1.68. The molecule has 1 aromatic rings. The van der Waals surface area contributed by atoms with Crippen molar-refractivity contribution in [2.75, 3.05) is 13.7 Å². The van der Waals surface area contributed by atoms with E-state index in [4.69, 9.17) is 4.74 Å². The van der Waals surface area contributed by atoms with Crippen LogP contribution < -0.4 is 10.1 Å². The van der Waals surface area contributed by atoms with Gasteiger partial charge in [-0.05, 0) is 62.1 Å². The Morgan fingerprint density at radius 1 is 1.28 bits per heavy atom. The molecule has 1 fully saturated rings. The average Bonchev–Trinajstić information content (AvgIpc) is 2.41. The molecule has 0 radical (unpaired) electrons. The summed E-state index contributed by atoms with van der Waals surface area (Å²) >= 11 is 0. The Balaban J connectivity index is 2.23. The maximum absolute atomic E-state index is 10.5. The van der Waals surface area contributed by atoms with Crippen LogP contribution in [0.2, 0.25) is 0 Å². The molecule has 0 spiro atoms. The zero-order valence-electron chi connectivity index (χ0n) is 11.5. The van der Waals surface area contributed by atoms with Gasteiger partial charge in [0.05, 0.1) is 13.2 Å². The van der Waals surface area contributed by atoms with Gasteiger partial charge in [0.25, 0.3) is 0 Å². The fraction of sp³-hybridized carbons (Fsp3) is 0.600. The van der Waals surface area contributed by atoms with Gasteiger partial charge in [-0.15, -0.1) is 0 Å². The molecule has 18 heavy (non-hydrogen) atoms. The van der Waals surface area contributed by atoms with Gasteiger partial charge in [-0.3, -0.25) is 0 Å². The van der Waals surface area contributed by atoms with Crippen molar-refractivity contribution in [2.45, 2.75) is 45.3 Å². The summed E-state index contributed by atoms with van der Waals surface area (Å²) in [5, 5.41) is 13.9. The van der Waals surface area contributed by atoms with E-state index in [1.54, 1.807) is 7.11 Å². The van der Waals surface area contributed by atoms with E-state index in [1.807, 2.05) is 19.9 Å². The molecular formula is C15H23NO2. The molecule has 0 aromatic heterocycles. The van der Waals surface area contributed by atoms with Crippen LogP contribution in [-0.2, 0) is 0 Å². The second-order valence-electron chi connectivity index (χ2n) is 5.18. The van der Waals surface area contributed by atoms with Gasteiger partial charge in [-0.25, -0.2) is 0 Å². The van der Waals surface area contributed by atoms with Gasteiger partial charge < -0.3 is 15.2 Å². The van der Waals surface area contributed by atoms with E-state index in [0.29, 0.717) is 0 Å². The van der Waals surface area contributed by atoms with E-state index in [2.05, 4.69) is 11.4 Å². The first-order valence-electron chi connectivity index (χ1n) is 6.70. The number of ether oxygens (including phenoxy) is 1. The smallest absolute Gasteiger partial charge is 0.122 e. The summed E-state index contributed by atoms with van der Waals surface area (Å²) in [6.45, 7) is 5.06. The Bertz CT molecular complexity index is 411. The molecule has 3 nitrogen and oxygen atoms in total. The normalized spacial score (nSPS) is 21.7. The molecule has 1 aromatic carbocycles. The van der Waals surface area contributed by atoms with Crippen molar-refractivity contribution in [3.63, 3.8) is 0 Å². The highest BCUT2D eigenvalue weighted by atomic mass is 16.5. The number of benzene rings is 1. The maximum atomic E-state index is 10.5. The molecule has 1 aliphatic rings. The van der Waals surface area contributed by atoms with Gasteiger partial charge in [0, 0.05) is 6.04 Å². The third-order valence-corrected chi connectivity index (χ3v) is 3.83. The Morgan fingerprint density at radius 3 is 2.67 bits per heavy atom. The highest BCUT2D eigenvalue weighted by Crippen LogP contribution is 2.30. The van der Waals surface area contributed by atoms with Gasteiger partial charge in [0.1, 0.15) is 5.75 Å². The van der Waals surface area contributed by atoms with Gasteiger partial charge in [0.2, 0.25) is 0 Å².